The monoisotopic (exact) mass is 349 g/mol. The van der Waals surface area contributed by atoms with Crippen molar-refractivity contribution in [3.8, 4) is 22.7 Å². The van der Waals surface area contributed by atoms with Crippen LogP contribution in [0, 0.1) is 0 Å². The lowest BCUT2D eigenvalue weighted by molar-refractivity contribution is 0.0600. The molecule has 1 aliphatic heterocycles. The second kappa shape index (κ2) is 6.65. The van der Waals surface area contributed by atoms with E-state index in [9.17, 15) is 9.90 Å². The summed E-state index contributed by atoms with van der Waals surface area (Å²) in [6.07, 6.45) is 0.815. The topological polar surface area (TPSA) is 76.4 Å². The highest BCUT2D eigenvalue weighted by Crippen LogP contribution is 2.31. The van der Waals surface area contributed by atoms with E-state index in [1.54, 1.807) is 18.2 Å². The number of methoxy groups -OCH3 is 1. The minimum Gasteiger partial charge on any atom is -0.508 e. The van der Waals surface area contributed by atoms with Gasteiger partial charge >= 0.3 is 5.97 Å². The van der Waals surface area contributed by atoms with Crippen molar-refractivity contribution in [1.82, 2.24) is 15.1 Å². The van der Waals surface area contributed by atoms with Crippen LogP contribution in [-0.4, -0.2) is 34.5 Å². The number of benzene rings is 2. The number of carbonyl (C=O) groups is 1. The van der Waals surface area contributed by atoms with Gasteiger partial charge in [-0.25, -0.2) is 9.48 Å². The van der Waals surface area contributed by atoms with Gasteiger partial charge < -0.3 is 15.2 Å². The predicted octanol–water partition coefficient (Wildman–Crippen LogP) is 2.68. The molecule has 6 heteroatoms. The van der Waals surface area contributed by atoms with E-state index in [1.807, 2.05) is 35.0 Å². The fraction of sp³-hybridized carbons (Fsp3) is 0.200. The van der Waals surface area contributed by atoms with Crippen molar-refractivity contribution < 1.29 is 14.6 Å². The van der Waals surface area contributed by atoms with E-state index >= 15 is 0 Å². The fourth-order valence-electron chi connectivity index (χ4n) is 3.34. The highest BCUT2D eigenvalue weighted by atomic mass is 16.5. The molecule has 0 fully saturated rings. The Morgan fingerprint density at radius 3 is 2.73 bits per heavy atom. The summed E-state index contributed by atoms with van der Waals surface area (Å²) in [4.78, 5) is 12.2. The van der Waals surface area contributed by atoms with Gasteiger partial charge in [-0.2, -0.15) is 5.10 Å². The lowest BCUT2D eigenvalue weighted by atomic mass is 10.0. The van der Waals surface area contributed by atoms with E-state index in [2.05, 4.69) is 5.32 Å². The second-order valence-electron chi connectivity index (χ2n) is 6.17. The van der Waals surface area contributed by atoms with Crippen molar-refractivity contribution >= 4 is 5.97 Å². The highest BCUT2D eigenvalue weighted by Gasteiger charge is 2.24. The zero-order valence-electron chi connectivity index (χ0n) is 14.4. The molecule has 0 bridgehead atoms. The Morgan fingerprint density at radius 2 is 1.96 bits per heavy atom. The lowest BCUT2D eigenvalue weighted by Gasteiger charge is -2.16. The highest BCUT2D eigenvalue weighted by molar-refractivity contribution is 5.93. The van der Waals surface area contributed by atoms with Gasteiger partial charge in [0.2, 0.25) is 0 Å². The molecule has 3 aromatic rings. The van der Waals surface area contributed by atoms with E-state index in [1.165, 1.54) is 7.11 Å². The van der Waals surface area contributed by atoms with Crippen LogP contribution < -0.4 is 5.32 Å². The Morgan fingerprint density at radius 1 is 1.19 bits per heavy atom. The SMILES string of the molecule is COC(=O)c1ccccc1-n1nc(-c2ccc(O)cc2)c2c1CCNC2. The van der Waals surface area contributed by atoms with Crippen LogP contribution in [0.25, 0.3) is 16.9 Å². The Bertz CT molecular complexity index is 961. The number of phenolic OH excluding ortho intramolecular Hbond substituents is 1. The first kappa shape index (κ1) is 16.4. The molecule has 0 spiro atoms. The van der Waals surface area contributed by atoms with Crippen molar-refractivity contribution in [1.29, 1.82) is 0 Å². The number of esters is 1. The largest absolute Gasteiger partial charge is 0.508 e. The number of rotatable bonds is 3. The first-order valence-electron chi connectivity index (χ1n) is 8.47. The summed E-state index contributed by atoms with van der Waals surface area (Å²) < 4.78 is 6.78. The van der Waals surface area contributed by atoms with Crippen LogP contribution in [0.15, 0.2) is 48.5 Å². The zero-order valence-corrected chi connectivity index (χ0v) is 14.4. The van der Waals surface area contributed by atoms with Gasteiger partial charge in [-0.15, -0.1) is 0 Å². The van der Waals surface area contributed by atoms with Crippen LogP contribution in [0.5, 0.6) is 5.75 Å². The van der Waals surface area contributed by atoms with Gasteiger partial charge in [0.15, 0.2) is 0 Å². The molecular weight excluding hydrogens is 330 g/mol. The smallest absolute Gasteiger partial charge is 0.340 e. The molecule has 0 atom stereocenters. The van der Waals surface area contributed by atoms with Gasteiger partial charge in [-0.05, 0) is 36.4 Å². The Kier molecular flexibility index (Phi) is 4.18. The fourth-order valence-corrected chi connectivity index (χ4v) is 3.34. The molecule has 2 N–H and O–H groups in total. The number of ether oxygens (including phenoxy) is 1. The maximum atomic E-state index is 12.2. The Labute approximate surface area is 151 Å². The molecule has 0 amide bonds. The number of fused-ring (bicyclic) bond motifs is 1. The number of hydrogen-bond donors (Lipinski definition) is 2. The number of para-hydroxylation sites is 1. The van der Waals surface area contributed by atoms with Gasteiger partial charge in [0, 0.05) is 30.6 Å². The van der Waals surface area contributed by atoms with Gasteiger partial charge in [-0.3, -0.25) is 0 Å². The normalized spacial score (nSPS) is 13.3. The Balaban J connectivity index is 1.91. The number of hydrogen-bond acceptors (Lipinski definition) is 5. The maximum absolute atomic E-state index is 12.2. The number of carbonyl (C=O) groups excluding carboxylic acids is 1. The average Bonchev–Trinajstić information content (AvgIpc) is 3.07. The lowest BCUT2D eigenvalue weighted by Crippen LogP contribution is -2.25. The summed E-state index contributed by atoms with van der Waals surface area (Å²) >= 11 is 0. The number of nitrogens with one attached hydrogen (secondary N) is 1. The third-order valence-electron chi connectivity index (χ3n) is 4.61. The standard InChI is InChI=1S/C20H19N3O3/c1-26-20(25)15-4-2-3-5-17(15)23-18-10-11-21-12-16(18)19(22-23)13-6-8-14(24)9-7-13/h2-9,21,24H,10-12H2,1H3. The summed E-state index contributed by atoms with van der Waals surface area (Å²) in [6.45, 7) is 1.57. The summed E-state index contributed by atoms with van der Waals surface area (Å²) in [5.41, 5.74) is 5.17. The third kappa shape index (κ3) is 2.74. The molecule has 26 heavy (non-hydrogen) atoms. The molecule has 1 aliphatic rings. The molecule has 0 radical (unpaired) electrons. The van der Waals surface area contributed by atoms with Crippen LogP contribution in [0.1, 0.15) is 21.6 Å². The molecule has 4 rings (SSSR count). The van der Waals surface area contributed by atoms with E-state index < -0.39 is 0 Å². The van der Waals surface area contributed by atoms with Crippen molar-refractivity contribution in [3.05, 3.63) is 65.4 Å². The van der Waals surface area contributed by atoms with E-state index in [0.29, 0.717) is 17.8 Å². The third-order valence-corrected chi connectivity index (χ3v) is 4.61. The number of aromatic hydroxyl groups is 1. The first-order valence-corrected chi connectivity index (χ1v) is 8.47. The number of aromatic nitrogens is 2. The molecular formula is C20H19N3O3. The van der Waals surface area contributed by atoms with E-state index in [4.69, 9.17) is 9.84 Å². The van der Waals surface area contributed by atoms with Gasteiger partial charge in [0.1, 0.15) is 5.75 Å². The van der Waals surface area contributed by atoms with Crippen LogP contribution in [-0.2, 0) is 17.7 Å². The van der Waals surface area contributed by atoms with Crippen molar-refractivity contribution in [2.45, 2.75) is 13.0 Å². The summed E-state index contributed by atoms with van der Waals surface area (Å²) in [7, 11) is 1.38. The number of phenols is 1. The average molecular weight is 349 g/mol. The molecule has 1 aromatic heterocycles. The minimum absolute atomic E-state index is 0.219. The predicted molar refractivity (Wildman–Crippen MR) is 97.4 cm³/mol. The van der Waals surface area contributed by atoms with Crippen molar-refractivity contribution in [3.63, 3.8) is 0 Å². The molecule has 0 unspecified atom stereocenters. The molecule has 2 aromatic carbocycles. The van der Waals surface area contributed by atoms with Crippen LogP contribution >= 0.6 is 0 Å². The van der Waals surface area contributed by atoms with Gasteiger partial charge in [0.25, 0.3) is 0 Å². The van der Waals surface area contributed by atoms with Crippen LogP contribution in [0.3, 0.4) is 0 Å². The molecule has 0 saturated heterocycles. The molecule has 2 heterocycles. The maximum Gasteiger partial charge on any atom is 0.340 e. The van der Waals surface area contributed by atoms with Crippen molar-refractivity contribution in [2.24, 2.45) is 0 Å². The summed E-state index contributed by atoms with van der Waals surface area (Å²) in [5.74, 6) is -0.166. The van der Waals surface area contributed by atoms with Gasteiger partial charge in [0.05, 0.1) is 29.7 Å². The number of nitrogens with zero attached hydrogens (tertiary/aromatic N) is 2. The Hall–Kier alpha value is -3.12. The van der Waals surface area contributed by atoms with Crippen molar-refractivity contribution in [2.75, 3.05) is 13.7 Å². The minimum atomic E-state index is -0.384. The van der Waals surface area contributed by atoms with E-state index in [0.717, 1.165) is 35.5 Å². The zero-order chi connectivity index (χ0) is 18.1. The summed E-state index contributed by atoms with van der Waals surface area (Å²) in [5, 5.41) is 17.8. The van der Waals surface area contributed by atoms with Crippen LogP contribution in [0.4, 0.5) is 0 Å². The second-order valence-corrected chi connectivity index (χ2v) is 6.17. The van der Waals surface area contributed by atoms with E-state index in [-0.39, 0.29) is 11.7 Å². The molecule has 0 saturated carbocycles. The van der Waals surface area contributed by atoms with Crippen LogP contribution in [0.2, 0.25) is 0 Å². The molecule has 0 aliphatic carbocycles. The molecule has 132 valence electrons. The van der Waals surface area contributed by atoms with Gasteiger partial charge in [-0.1, -0.05) is 12.1 Å². The quantitative estimate of drug-likeness (QED) is 0.711. The summed E-state index contributed by atoms with van der Waals surface area (Å²) in [6, 6.07) is 14.3. The molecule has 6 nitrogen and oxygen atoms in total. The first-order chi connectivity index (χ1) is 12.7.